The summed E-state index contributed by atoms with van der Waals surface area (Å²) in [6, 6.07) is 6.20. The number of piperidine rings is 1. The maximum Gasteiger partial charge on any atom is 0.257 e. The fraction of sp³-hybridized carbons (Fsp3) is 0.609. The Morgan fingerprint density at radius 3 is 2.58 bits per heavy atom. The molecule has 0 radical (unpaired) electrons. The molecule has 1 atom stereocenters. The molecule has 3 rings (SSSR count). The van der Waals surface area contributed by atoms with Crippen LogP contribution >= 0.6 is 0 Å². The Kier molecular flexibility index (Phi) is 7.20. The van der Waals surface area contributed by atoms with Gasteiger partial charge in [0, 0.05) is 44.5 Å². The molecule has 0 aliphatic carbocycles. The predicted molar refractivity (Wildman–Crippen MR) is 116 cm³/mol. The Labute approximate surface area is 183 Å². The van der Waals surface area contributed by atoms with Gasteiger partial charge in [-0.05, 0) is 24.1 Å². The molecule has 1 N–H and O–H groups in total. The molecule has 1 spiro atoms. The maximum atomic E-state index is 13.6. The van der Waals surface area contributed by atoms with Gasteiger partial charge in [-0.1, -0.05) is 26.8 Å². The van der Waals surface area contributed by atoms with E-state index in [-0.39, 0.29) is 24.3 Å². The van der Waals surface area contributed by atoms with Crippen molar-refractivity contribution >= 4 is 17.7 Å². The number of carbonyl (C=O) groups excluding carboxylic acids is 3. The molecule has 2 saturated heterocycles. The summed E-state index contributed by atoms with van der Waals surface area (Å²) in [5, 5.41) is 2.94. The normalized spacial score (nSPS) is 20.2. The number of rotatable bonds is 6. The zero-order valence-corrected chi connectivity index (χ0v) is 18.8. The van der Waals surface area contributed by atoms with E-state index in [1.54, 1.807) is 41.2 Å². The lowest BCUT2D eigenvalue weighted by molar-refractivity contribution is -0.143. The van der Waals surface area contributed by atoms with Gasteiger partial charge >= 0.3 is 0 Å². The van der Waals surface area contributed by atoms with Crippen molar-refractivity contribution in [3.8, 4) is 5.75 Å². The molecule has 2 aliphatic rings. The largest absolute Gasteiger partial charge is 0.497 e. The molecular formula is C23H33N3O5. The van der Waals surface area contributed by atoms with E-state index in [4.69, 9.17) is 9.47 Å². The van der Waals surface area contributed by atoms with E-state index >= 15 is 0 Å². The van der Waals surface area contributed by atoms with Crippen LogP contribution in [-0.4, -0.2) is 72.6 Å². The van der Waals surface area contributed by atoms with Crippen LogP contribution in [0.15, 0.2) is 24.3 Å². The van der Waals surface area contributed by atoms with E-state index in [2.05, 4.69) is 5.32 Å². The number of amides is 3. The molecule has 31 heavy (non-hydrogen) atoms. The van der Waals surface area contributed by atoms with Crippen LogP contribution in [-0.2, 0) is 14.3 Å². The number of hydrogen-bond acceptors (Lipinski definition) is 5. The van der Waals surface area contributed by atoms with Crippen molar-refractivity contribution in [3.05, 3.63) is 29.8 Å². The van der Waals surface area contributed by atoms with Crippen LogP contribution in [0.1, 0.15) is 50.4 Å². The van der Waals surface area contributed by atoms with Crippen molar-refractivity contribution in [1.82, 2.24) is 15.1 Å². The summed E-state index contributed by atoms with van der Waals surface area (Å²) in [5.41, 5.74) is -0.456. The summed E-state index contributed by atoms with van der Waals surface area (Å²) < 4.78 is 11.4. The standard InChI is InChI=1S/C23H33N3O5/c1-5-20(27)25-11-9-23(10-12-25)26(19(15-31-23)21(28)24-14-16(2)3)22(29)17-7-6-8-18(13-17)30-4/h6-8,13,16,19H,5,9-12,14-15H2,1-4H3,(H,24,28). The average molecular weight is 432 g/mol. The van der Waals surface area contributed by atoms with E-state index in [1.807, 2.05) is 20.8 Å². The number of carbonyl (C=O) groups is 3. The van der Waals surface area contributed by atoms with Gasteiger partial charge in [0.1, 0.15) is 17.5 Å². The molecule has 0 aromatic heterocycles. The fourth-order valence-corrected chi connectivity index (χ4v) is 4.21. The Bertz CT molecular complexity index is 817. The molecule has 2 heterocycles. The predicted octanol–water partition coefficient (Wildman–Crippen LogP) is 2.04. The zero-order chi connectivity index (χ0) is 22.6. The molecule has 2 fully saturated rings. The number of methoxy groups -OCH3 is 1. The molecule has 2 aliphatic heterocycles. The van der Waals surface area contributed by atoms with Crippen LogP contribution < -0.4 is 10.1 Å². The third-order valence-electron chi connectivity index (χ3n) is 5.98. The fourth-order valence-electron chi connectivity index (χ4n) is 4.21. The van der Waals surface area contributed by atoms with Crippen molar-refractivity contribution in [2.45, 2.75) is 51.8 Å². The molecule has 1 aromatic rings. The first-order valence-electron chi connectivity index (χ1n) is 11.0. The summed E-state index contributed by atoms with van der Waals surface area (Å²) in [5.74, 6) is 0.477. The Balaban J connectivity index is 1.89. The van der Waals surface area contributed by atoms with Gasteiger partial charge in [0.15, 0.2) is 0 Å². The van der Waals surface area contributed by atoms with Crippen molar-refractivity contribution in [3.63, 3.8) is 0 Å². The minimum absolute atomic E-state index is 0.0877. The van der Waals surface area contributed by atoms with E-state index in [0.29, 0.717) is 56.1 Å². The molecular weight excluding hydrogens is 398 g/mol. The minimum Gasteiger partial charge on any atom is -0.497 e. The second kappa shape index (κ2) is 9.68. The Hall–Kier alpha value is -2.61. The average Bonchev–Trinajstić information content (AvgIpc) is 3.15. The van der Waals surface area contributed by atoms with Gasteiger partial charge < -0.3 is 19.7 Å². The first kappa shape index (κ1) is 23.1. The maximum absolute atomic E-state index is 13.6. The van der Waals surface area contributed by atoms with E-state index in [9.17, 15) is 14.4 Å². The molecule has 1 unspecified atom stereocenters. The highest BCUT2D eigenvalue weighted by Crippen LogP contribution is 2.38. The summed E-state index contributed by atoms with van der Waals surface area (Å²) in [6.45, 7) is 7.54. The third-order valence-corrected chi connectivity index (χ3v) is 5.98. The van der Waals surface area contributed by atoms with Crippen LogP contribution in [0, 0.1) is 5.92 Å². The van der Waals surface area contributed by atoms with Gasteiger partial charge in [-0.2, -0.15) is 0 Å². The zero-order valence-electron chi connectivity index (χ0n) is 18.8. The number of benzene rings is 1. The van der Waals surface area contributed by atoms with Crippen LogP contribution in [0.3, 0.4) is 0 Å². The summed E-state index contributed by atoms with van der Waals surface area (Å²) >= 11 is 0. The van der Waals surface area contributed by atoms with Gasteiger partial charge in [0.05, 0.1) is 13.7 Å². The number of nitrogens with zero attached hydrogens (tertiary/aromatic N) is 2. The topological polar surface area (TPSA) is 88.2 Å². The highest BCUT2D eigenvalue weighted by atomic mass is 16.5. The van der Waals surface area contributed by atoms with Crippen LogP contribution in [0.5, 0.6) is 5.75 Å². The van der Waals surface area contributed by atoms with E-state index < -0.39 is 11.8 Å². The first-order valence-corrected chi connectivity index (χ1v) is 11.0. The highest BCUT2D eigenvalue weighted by molar-refractivity contribution is 5.98. The molecule has 1 aromatic carbocycles. The van der Waals surface area contributed by atoms with Gasteiger partial charge in [-0.25, -0.2) is 0 Å². The number of likely N-dealkylation sites (tertiary alicyclic amines) is 1. The second-order valence-corrected chi connectivity index (χ2v) is 8.55. The monoisotopic (exact) mass is 431 g/mol. The Morgan fingerprint density at radius 2 is 1.97 bits per heavy atom. The SMILES string of the molecule is CCC(=O)N1CCC2(CC1)OCC(C(=O)NCC(C)C)N2C(=O)c1cccc(OC)c1. The Morgan fingerprint density at radius 1 is 1.26 bits per heavy atom. The van der Waals surface area contributed by atoms with Crippen molar-refractivity contribution < 1.29 is 23.9 Å². The van der Waals surface area contributed by atoms with Crippen LogP contribution in [0.25, 0.3) is 0 Å². The van der Waals surface area contributed by atoms with Gasteiger partial charge in [-0.3, -0.25) is 19.3 Å². The van der Waals surface area contributed by atoms with E-state index in [0.717, 1.165) is 0 Å². The van der Waals surface area contributed by atoms with Crippen molar-refractivity contribution in [2.24, 2.45) is 5.92 Å². The van der Waals surface area contributed by atoms with Gasteiger partial charge in [0.2, 0.25) is 11.8 Å². The quantitative estimate of drug-likeness (QED) is 0.745. The molecule has 170 valence electrons. The van der Waals surface area contributed by atoms with Gasteiger partial charge in [0.25, 0.3) is 5.91 Å². The molecule has 0 bridgehead atoms. The lowest BCUT2D eigenvalue weighted by Gasteiger charge is -2.44. The molecule has 8 nitrogen and oxygen atoms in total. The van der Waals surface area contributed by atoms with Crippen molar-refractivity contribution in [1.29, 1.82) is 0 Å². The number of ether oxygens (including phenoxy) is 2. The molecule has 0 saturated carbocycles. The number of hydrogen-bond donors (Lipinski definition) is 1. The summed E-state index contributed by atoms with van der Waals surface area (Å²) in [6.07, 6.45) is 1.39. The second-order valence-electron chi connectivity index (χ2n) is 8.55. The molecule has 8 heteroatoms. The third kappa shape index (κ3) is 4.84. The molecule has 3 amide bonds. The van der Waals surface area contributed by atoms with Crippen LogP contribution in [0.4, 0.5) is 0 Å². The minimum atomic E-state index is -0.898. The van der Waals surface area contributed by atoms with E-state index in [1.165, 1.54) is 0 Å². The smallest absolute Gasteiger partial charge is 0.257 e. The lowest BCUT2D eigenvalue weighted by atomic mass is 9.96. The summed E-state index contributed by atoms with van der Waals surface area (Å²) in [4.78, 5) is 42.2. The van der Waals surface area contributed by atoms with Crippen molar-refractivity contribution in [2.75, 3.05) is 33.4 Å². The van der Waals surface area contributed by atoms with Crippen LogP contribution in [0.2, 0.25) is 0 Å². The first-order chi connectivity index (χ1) is 14.8. The lowest BCUT2D eigenvalue weighted by Crippen LogP contribution is -2.60. The highest BCUT2D eigenvalue weighted by Gasteiger charge is 2.54. The summed E-state index contributed by atoms with van der Waals surface area (Å²) in [7, 11) is 1.55. The number of nitrogens with one attached hydrogen (secondary N) is 1. The van der Waals surface area contributed by atoms with Gasteiger partial charge in [-0.15, -0.1) is 0 Å².